The summed E-state index contributed by atoms with van der Waals surface area (Å²) in [5.74, 6) is 1.03. The molecule has 0 N–H and O–H groups in total. The number of unbranched alkanes of at least 4 members (excludes halogenated alkanes) is 1. The molecule has 4 nitrogen and oxygen atoms in total. The van der Waals surface area contributed by atoms with Crippen LogP contribution >= 0.6 is 0 Å². The lowest BCUT2D eigenvalue weighted by molar-refractivity contribution is -0.175. The zero-order chi connectivity index (χ0) is 11.1. The second-order valence-electron chi connectivity index (χ2n) is 3.21. The number of halogens is 1. The average molecular weight is 216 g/mol. The molecule has 1 aliphatic rings. The summed E-state index contributed by atoms with van der Waals surface area (Å²) in [6, 6.07) is 0. The molecule has 0 aromatic carbocycles. The number of rotatable bonds is 5. The van der Waals surface area contributed by atoms with E-state index in [1.54, 1.807) is 0 Å². The van der Waals surface area contributed by atoms with Gasteiger partial charge in [0.1, 0.15) is 12.8 Å². The van der Waals surface area contributed by atoms with E-state index in [0.717, 1.165) is 12.8 Å². The molecule has 1 unspecified atom stereocenters. The van der Waals surface area contributed by atoms with Crippen molar-refractivity contribution in [1.29, 1.82) is 0 Å². The van der Waals surface area contributed by atoms with Crippen molar-refractivity contribution in [2.75, 3.05) is 13.2 Å². The Hall–Kier alpha value is -1.28. The van der Waals surface area contributed by atoms with Crippen LogP contribution in [0.15, 0.2) is 0 Å². The maximum atomic E-state index is 11.5. The first kappa shape index (κ1) is 11.8. The first-order valence-electron chi connectivity index (χ1n) is 4.80. The van der Waals surface area contributed by atoms with Gasteiger partial charge in [0.2, 0.25) is 0 Å². The van der Waals surface area contributed by atoms with Gasteiger partial charge in [-0.1, -0.05) is 13.3 Å². The van der Waals surface area contributed by atoms with Crippen LogP contribution in [0.3, 0.4) is 0 Å². The lowest BCUT2D eigenvalue weighted by Crippen LogP contribution is -2.35. The van der Waals surface area contributed by atoms with E-state index in [1.165, 1.54) is 6.17 Å². The highest BCUT2D eigenvalue weighted by molar-refractivity contribution is 5.62. The fourth-order valence-corrected chi connectivity index (χ4v) is 1.29. The van der Waals surface area contributed by atoms with Gasteiger partial charge in [0.15, 0.2) is 6.61 Å². The lowest BCUT2D eigenvalue weighted by Gasteiger charge is -2.23. The number of hydrogen-bond donors (Lipinski definition) is 0. The summed E-state index contributed by atoms with van der Waals surface area (Å²) in [4.78, 5) is 10.8. The molecule has 1 rings (SSSR count). The monoisotopic (exact) mass is 216 g/mol. The van der Waals surface area contributed by atoms with Gasteiger partial charge in [-0.3, -0.25) is 0 Å². The Morgan fingerprint density at radius 2 is 2.47 bits per heavy atom. The molecule has 0 radical (unpaired) electrons. The smallest absolute Gasteiger partial charge is 0.427 e. The van der Waals surface area contributed by atoms with Gasteiger partial charge in [-0.15, -0.1) is 4.39 Å². The maximum Gasteiger partial charge on any atom is 0.511 e. The third-order valence-electron chi connectivity index (χ3n) is 2.06. The molecular weight excluding hydrogens is 203 g/mol. The Bertz CT molecular complexity index is 281. The van der Waals surface area contributed by atoms with Crippen LogP contribution in [0, 0.1) is 12.1 Å². The van der Waals surface area contributed by atoms with E-state index in [4.69, 9.17) is 9.47 Å². The minimum atomic E-state index is -1.07. The highest BCUT2D eigenvalue weighted by Gasteiger charge is 2.42. The largest absolute Gasteiger partial charge is 0.511 e. The average Bonchev–Trinajstić information content (AvgIpc) is 2.59. The standard InChI is InChI=1S/C10H13FO4/c1-2-3-5-10(14-7-4-6-11)8-13-9(12)15-10/h2-3,5,7-8H2,1H3. The number of carbonyl (C=O) groups is 1. The topological polar surface area (TPSA) is 44.8 Å². The van der Waals surface area contributed by atoms with Crippen molar-refractivity contribution in [2.24, 2.45) is 0 Å². The number of cyclic esters (lactones) is 2. The normalized spacial score (nSPS) is 24.0. The van der Waals surface area contributed by atoms with E-state index in [1.807, 2.05) is 6.92 Å². The predicted octanol–water partition coefficient (Wildman–Crippen LogP) is 1.99. The first-order valence-corrected chi connectivity index (χ1v) is 4.80. The molecule has 0 aromatic heterocycles. The number of hydrogen-bond acceptors (Lipinski definition) is 4. The van der Waals surface area contributed by atoms with Crippen molar-refractivity contribution >= 4 is 6.16 Å². The predicted molar refractivity (Wildman–Crippen MR) is 49.5 cm³/mol. The van der Waals surface area contributed by atoms with Crippen molar-refractivity contribution in [3.63, 3.8) is 0 Å². The molecular formula is C10H13FO4. The highest BCUT2D eigenvalue weighted by Crippen LogP contribution is 2.27. The summed E-state index contributed by atoms with van der Waals surface area (Å²) in [5.41, 5.74) is 0. The molecule has 15 heavy (non-hydrogen) atoms. The Morgan fingerprint density at radius 1 is 1.67 bits per heavy atom. The molecule has 1 saturated heterocycles. The molecule has 84 valence electrons. The maximum absolute atomic E-state index is 11.5. The molecule has 1 atom stereocenters. The van der Waals surface area contributed by atoms with Crippen molar-refractivity contribution in [2.45, 2.75) is 32.0 Å². The summed E-state index contributed by atoms with van der Waals surface area (Å²) in [5, 5.41) is 0. The second kappa shape index (κ2) is 5.56. The third-order valence-corrected chi connectivity index (χ3v) is 2.06. The SMILES string of the molecule is CCCCC1(OCC#CF)COC(=O)O1. The summed E-state index contributed by atoms with van der Waals surface area (Å²) in [7, 11) is 0. The Balaban J connectivity index is 2.50. The lowest BCUT2D eigenvalue weighted by atomic mass is 10.1. The van der Waals surface area contributed by atoms with E-state index in [-0.39, 0.29) is 13.2 Å². The zero-order valence-electron chi connectivity index (χ0n) is 8.55. The molecule has 0 aliphatic carbocycles. The van der Waals surface area contributed by atoms with E-state index < -0.39 is 11.9 Å². The van der Waals surface area contributed by atoms with E-state index in [9.17, 15) is 9.18 Å². The molecule has 1 heterocycles. The van der Waals surface area contributed by atoms with Crippen LogP contribution in [0.1, 0.15) is 26.2 Å². The molecule has 0 bridgehead atoms. The van der Waals surface area contributed by atoms with Crippen LogP contribution in [0.4, 0.5) is 9.18 Å². The highest BCUT2D eigenvalue weighted by atomic mass is 19.1. The summed E-state index contributed by atoms with van der Waals surface area (Å²) in [6.45, 7) is 1.93. The fourth-order valence-electron chi connectivity index (χ4n) is 1.29. The Morgan fingerprint density at radius 3 is 3.00 bits per heavy atom. The zero-order valence-corrected chi connectivity index (χ0v) is 8.55. The van der Waals surface area contributed by atoms with Crippen molar-refractivity contribution in [3.05, 3.63) is 0 Å². The van der Waals surface area contributed by atoms with Gasteiger partial charge in [0.25, 0.3) is 5.79 Å². The molecule has 5 heteroatoms. The van der Waals surface area contributed by atoms with Crippen molar-refractivity contribution < 1.29 is 23.4 Å². The van der Waals surface area contributed by atoms with Crippen LogP contribution < -0.4 is 0 Å². The van der Waals surface area contributed by atoms with Gasteiger partial charge in [-0.25, -0.2) is 4.79 Å². The van der Waals surface area contributed by atoms with Crippen molar-refractivity contribution in [3.8, 4) is 12.1 Å². The Kier molecular flexibility index (Phi) is 4.37. The second-order valence-corrected chi connectivity index (χ2v) is 3.21. The number of carbonyl (C=O) groups excluding carboxylic acids is 1. The van der Waals surface area contributed by atoms with Crippen LogP contribution in [0.25, 0.3) is 0 Å². The molecule has 1 aliphatic heterocycles. The van der Waals surface area contributed by atoms with Gasteiger partial charge in [-0.2, -0.15) is 0 Å². The van der Waals surface area contributed by atoms with Gasteiger partial charge in [0.05, 0.1) is 0 Å². The van der Waals surface area contributed by atoms with Gasteiger partial charge >= 0.3 is 6.16 Å². The van der Waals surface area contributed by atoms with Crippen molar-refractivity contribution in [1.82, 2.24) is 0 Å². The van der Waals surface area contributed by atoms with Crippen LogP contribution in [-0.2, 0) is 14.2 Å². The minimum absolute atomic E-state index is 0.0415. The van der Waals surface area contributed by atoms with Crippen LogP contribution in [0.2, 0.25) is 0 Å². The molecule has 0 spiro atoms. The van der Waals surface area contributed by atoms with Gasteiger partial charge < -0.3 is 14.2 Å². The third kappa shape index (κ3) is 3.40. The van der Waals surface area contributed by atoms with E-state index in [2.05, 4.69) is 10.7 Å². The van der Waals surface area contributed by atoms with Crippen LogP contribution in [0.5, 0.6) is 0 Å². The summed E-state index contributed by atoms with van der Waals surface area (Å²) >= 11 is 0. The molecule has 0 amide bonds. The Labute approximate surface area is 87.7 Å². The first-order chi connectivity index (χ1) is 7.22. The number of ether oxygens (including phenoxy) is 3. The molecule has 0 saturated carbocycles. The quantitative estimate of drug-likeness (QED) is 0.520. The van der Waals surface area contributed by atoms with Gasteiger partial charge in [-0.05, 0) is 12.3 Å². The van der Waals surface area contributed by atoms with E-state index >= 15 is 0 Å². The fraction of sp³-hybridized carbons (Fsp3) is 0.700. The van der Waals surface area contributed by atoms with E-state index in [0.29, 0.717) is 6.42 Å². The minimum Gasteiger partial charge on any atom is -0.427 e. The summed E-state index contributed by atoms with van der Waals surface area (Å²) in [6.07, 6.45) is 2.78. The molecule has 0 aromatic rings. The van der Waals surface area contributed by atoms with Gasteiger partial charge in [0, 0.05) is 6.42 Å². The molecule has 1 fully saturated rings. The van der Waals surface area contributed by atoms with Crippen LogP contribution in [-0.4, -0.2) is 25.2 Å². The summed E-state index contributed by atoms with van der Waals surface area (Å²) < 4.78 is 26.4.